The molecule has 0 saturated heterocycles. The molecular formula is C20H22FNO3. The maximum atomic E-state index is 12.9. The minimum Gasteiger partial charge on any atom is -0.493 e. The number of halogens is 1. The number of methoxy groups -OCH3 is 2. The molecule has 1 N–H and O–H groups in total. The lowest BCUT2D eigenvalue weighted by Gasteiger charge is -2.18. The molecule has 0 bridgehead atoms. The van der Waals surface area contributed by atoms with E-state index in [0.717, 1.165) is 17.5 Å². The first kappa shape index (κ1) is 18.5. The average molecular weight is 343 g/mol. The van der Waals surface area contributed by atoms with Crippen molar-refractivity contribution >= 4 is 12.0 Å². The number of carbonyl (C=O) groups excluding carboxylic acids is 1. The van der Waals surface area contributed by atoms with Crippen molar-refractivity contribution in [2.45, 2.75) is 19.4 Å². The molecule has 0 unspecified atom stereocenters. The summed E-state index contributed by atoms with van der Waals surface area (Å²) in [5, 5.41) is 2.96. The molecule has 0 fully saturated rings. The molecule has 2 rings (SSSR count). The molecule has 2 aromatic rings. The Bertz CT molecular complexity index is 741. The van der Waals surface area contributed by atoms with E-state index in [1.807, 2.05) is 25.1 Å². The van der Waals surface area contributed by atoms with Gasteiger partial charge in [0, 0.05) is 6.08 Å². The molecule has 0 aromatic heterocycles. The summed E-state index contributed by atoms with van der Waals surface area (Å²) in [5.74, 6) is 0.741. The summed E-state index contributed by atoms with van der Waals surface area (Å²) in [5.41, 5.74) is 1.69. The monoisotopic (exact) mass is 343 g/mol. The molecule has 0 heterocycles. The summed E-state index contributed by atoms with van der Waals surface area (Å²) in [6, 6.07) is 11.4. The fourth-order valence-electron chi connectivity index (χ4n) is 2.46. The Morgan fingerprint density at radius 2 is 1.80 bits per heavy atom. The summed E-state index contributed by atoms with van der Waals surface area (Å²) >= 11 is 0. The van der Waals surface area contributed by atoms with E-state index in [4.69, 9.17) is 9.47 Å². The second-order valence-corrected chi connectivity index (χ2v) is 5.47. The van der Waals surface area contributed by atoms with Gasteiger partial charge in [-0.1, -0.05) is 25.1 Å². The highest BCUT2D eigenvalue weighted by Gasteiger charge is 2.14. The van der Waals surface area contributed by atoms with Crippen molar-refractivity contribution in [1.82, 2.24) is 5.32 Å². The topological polar surface area (TPSA) is 47.6 Å². The Morgan fingerprint density at radius 3 is 2.40 bits per heavy atom. The third kappa shape index (κ3) is 5.08. The molecule has 0 saturated carbocycles. The molecule has 4 nitrogen and oxygen atoms in total. The van der Waals surface area contributed by atoms with Gasteiger partial charge in [0.15, 0.2) is 11.5 Å². The first-order valence-electron chi connectivity index (χ1n) is 8.03. The van der Waals surface area contributed by atoms with Gasteiger partial charge >= 0.3 is 0 Å². The van der Waals surface area contributed by atoms with Crippen LogP contribution in [0, 0.1) is 5.82 Å². The average Bonchev–Trinajstić information content (AvgIpc) is 2.65. The van der Waals surface area contributed by atoms with Crippen LogP contribution in [-0.2, 0) is 4.79 Å². The number of amides is 1. The van der Waals surface area contributed by atoms with Crippen LogP contribution in [0.5, 0.6) is 11.5 Å². The van der Waals surface area contributed by atoms with Crippen molar-refractivity contribution in [2.24, 2.45) is 0 Å². The van der Waals surface area contributed by atoms with Crippen LogP contribution in [0.25, 0.3) is 6.08 Å². The third-order valence-corrected chi connectivity index (χ3v) is 3.83. The first-order chi connectivity index (χ1) is 12.1. The highest BCUT2D eigenvalue weighted by Crippen LogP contribution is 2.30. The van der Waals surface area contributed by atoms with Gasteiger partial charge in [-0.25, -0.2) is 4.39 Å². The second-order valence-electron chi connectivity index (χ2n) is 5.47. The van der Waals surface area contributed by atoms with Crippen molar-refractivity contribution < 1.29 is 18.7 Å². The molecule has 2 aromatic carbocycles. The van der Waals surface area contributed by atoms with Gasteiger partial charge in [-0.15, -0.1) is 0 Å². The second kappa shape index (κ2) is 8.87. The smallest absolute Gasteiger partial charge is 0.244 e. The van der Waals surface area contributed by atoms with E-state index in [0.29, 0.717) is 11.5 Å². The van der Waals surface area contributed by atoms with Crippen molar-refractivity contribution in [3.05, 3.63) is 65.5 Å². The molecule has 132 valence electrons. The Kier molecular flexibility index (Phi) is 6.57. The zero-order valence-electron chi connectivity index (χ0n) is 14.6. The van der Waals surface area contributed by atoms with E-state index >= 15 is 0 Å². The van der Waals surface area contributed by atoms with Gasteiger partial charge < -0.3 is 14.8 Å². The van der Waals surface area contributed by atoms with E-state index in [1.165, 1.54) is 18.2 Å². The molecular weight excluding hydrogens is 321 g/mol. The normalized spacial score (nSPS) is 12.0. The quantitative estimate of drug-likeness (QED) is 0.769. The summed E-state index contributed by atoms with van der Waals surface area (Å²) in [6.07, 6.45) is 3.82. The third-order valence-electron chi connectivity index (χ3n) is 3.83. The molecule has 0 radical (unpaired) electrons. The number of hydrogen-bond donors (Lipinski definition) is 1. The Morgan fingerprint density at radius 1 is 1.12 bits per heavy atom. The fraction of sp³-hybridized carbons (Fsp3) is 0.250. The molecule has 0 aliphatic carbocycles. The van der Waals surface area contributed by atoms with Crippen LogP contribution in [0.2, 0.25) is 0 Å². The lowest BCUT2D eigenvalue weighted by atomic mass is 10.0. The molecule has 0 aliphatic rings. The van der Waals surface area contributed by atoms with Gasteiger partial charge in [-0.05, 0) is 47.9 Å². The molecule has 1 amide bonds. The Hall–Kier alpha value is -2.82. The lowest BCUT2D eigenvalue weighted by molar-refractivity contribution is -0.117. The van der Waals surface area contributed by atoms with Crippen molar-refractivity contribution in [3.8, 4) is 11.5 Å². The minimum absolute atomic E-state index is 0.148. The van der Waals surface area contributed by atoms with Gasteiger partial charge in [0.1, 0.15) is 5.82 Å². The maximum absolute atomic E-state index is 12.9. The molecule has 0 spiro atoms. The van der Waals surface area contributed by atoms with Gasteiger partial charge in [-0.3, -0.25) is 4.79 Å². The van der Waals surface area contributed by atoms with Crippen LogP contribution in [0.1, 0.15) is 30.5 Å². The fourth-order valence-corrected chi connectivity index (χ4v) is 2.46. The van der Waals surface area contributed by atoms with Crippen LogP contribution in [0.4, 0.5) is 4.39 Å². The first-order valence-corrected chi connectivity index (χ1v) is 8.03. The van der Waals surface area contributed by atoms with Crippen molar-refractivity contribution in [3.63, 3.8) is 0 Å². The highest BCUT2D eigenvalue weighted by atomic mass is 19.1. The zero-order valence-corrected chi connectivity index (χ0v) is 14.6. The molecule has 0 aliphatic heterocycles. The number of ether oxygens (including phenoxy) is 2. The predicted molar refractivity (Wildman–Crippen MR) is 96.2 cm³/mol. The van der Waals surface area contributed by atoms with Gasteiger partial charge in [0.05, 0.1) is 20.3 Å². The Balaban J connectivity index is 2.08. The van der Waals surface area contributed by atoms with Crippen LogP contribution in [0.3, 0.4) is 0 Å². The van der Waals surface area contributed by atoms with Crippen LogP contribution < -0.4 is 14.8 Å². The van der Waals surface area contributed by atoms with E-state index in [2.05, 4.69) is 5.32 Å². The van der Waals surface area contributed by atoms with E-state index in [1.54, 1.807) is 32.4 Å². The molecule has 1 atom stereocenters. The number of hydrogen-bond acceptors (Lipinski definition) is 3. The number of rotatable bonds is 7. The predicted octanol–water partition coefficient (Wildman–Crippen LogP) is 4.12. The molecule has 5 heteroatoms. The SMILES string of the molecule is CC[C@H](NC(=O)/C=C/c1ccc(F)cc1)c1ccc(OC)c(OC)c1. The molecule has 25 heavy (non-hydrogen) atoms. The summed E-state index contributed by atoms with van der Waals surface area (Å²) in [4.78, 5) is 12.2. The summed E-state index contributed by atoms with van der Waals surface area (Å²) in [6.45, 7) is 1.99. The standard InChI is InChI=1S/C20H22FNO3/c1-4-17(15-8-11-18(24-2)19(13-15)25-3)22-20(23)12-7-14-5-9-16(21)10-6-14/h5-13,17H,4H2,1-3H3,(H,22,23)/b12-7+/t17-/m0/s1. The lowest BCUT2D eigenvalue weighted by Crippen LogP contribution is -2.26. The number of benzene rings is 2. The zero-order chi connectivity index (χ0) is 18.2. The largest absolute Gasteiger partial charge is 0.493 e. The van der Waals surface area contributed by atoms with Gasteiger partial charge in [0.25, 0.3) is 0 Å². The highest BCUT2D eigenvalue weighted by molar-refractivity contribution is 5.92. The van der Waals surface area contributed by atoms with Crippen molar-refractivity contribution in [2.75, 3.05) is 14.2 Å². The van der Waals surface area contributed by atoms with Crippen LogP contribution in [-0.4, -0.2) is 20.1 Å². The number of carbonyl (C=O) groups is 1. The maximum Gasteiger partial charge on any atom is 0.244 e. The summed E-state index contributed by atoms with van der Waals surface area (Å²) < 4.78 is 23.4. The van der Waals surface area contributed by atoms with Crippen molar-refractivity contribution in [1.29, 1.82) is 0 Å². The van der Waals surface area contributed by atoms with Gasteiger partial charge in [0.2, 0.25) is 5.91 Å². The van der Waals surface area contributed by atoms with E-state index in [9.17, 15) is 9.18 Å². The minimum atomic E-state index is -0.305. The summed E-state index contributed by atoms with van der Waals surface area (Å²) in [7, 11) is 3.16. The van der Waals surface area contributed by atoms with Crippen LogP contribution >= 0.6 is 0 Å². The Labute approximate surface area is 147 Å². The number of nitrogens with one attached hydrogen (secondary N) is 1. The van der Waals surface area contributed by atoms with E-state index in [-0.39, 0.29) is 17.8 Å². The van der Waals surface area contributed by atoms with Crippen LogP contribution in [0.15, 0.2) is 48.5 Å². The van der Waals surface area contributed by atoms with Gasteiger partial charge in [-0.2, -0.15) is 0 Å². The van der Waals surface area contributed by atoms with E-state index < -0.39 is 0 Å².